The normalized spacial score (nSPS) is 12.9. The average Bonchev–Trinajstić information content (AvgIpc) is 2.25. The summed E-state index contributed by atoms with van der Waals surface area (Å²) >= 11 is 0. The Morgan fingerprint density at radius 1 is 1.47 bits per heavy atom. The third-order valence-corrected chi connectivity index (χ3v) is 2.40. The van der Waals surface area contributed by atoms with Crippen LogP contribution >= 0.6 is 0 Å². The second kappa shape index (κ2) is 5.71. The predicted octanol–water partition coefficient (Wildman–Crippen LogP) is 2.40. The largest absolute Gasteiger partial charge is 0.495 e. The molecule has 1 N–H and O–H groups in total. The molecule has 0 aromatic carbocycles. The van der Waals surface area contributed by atoms with Crippen LogP contribution in [0.15, 0.2) is 18.3 Å². The Morgan fingerprint density at radius 3 is 2.73 bits per heavy atom. The van der Waals surface area contributed by atoms with E-state index < -0.39 is 0 Å². The third-order valence-electron chi connectivity index (χ3n) is 2.40. The van der Waals surface area contributed by atoms with Crippen molar-refractivity contribution in [2.24, 2.45) is 5.92 Å². The molecule has 0 aliphatic heterocycles. The molecule has 0 fully saturated rings. The van der Waals surface area contributed by atoms with Gasteiger partial charge in [0.15, 0.2) is 0 Å². The van der Waals surface area contributed by atoms with Crippen LogP contribution in [0.2, 0.25) is 0 Å². The van der Waals surface area contributed by atoms with Gasteiger partial charge in [0.25, 0.3) is 0 Å². The van der Waals surface area contributed by atoms with Crippen LogP contribution in [-0.4, -0.2) is 18.6 Å². The summed E-state index contributed by atoms with van der Waals surface area (Å²) in [4.78, 5) is 4.40. The summed E-state index contributed by atoms with van der Waals surface area (Å²) in [5.74, 6) is 1.35. The first-order valence-electron chi connectivity index (χ1n) is 5.43. The molecule has 1 atom stereocenters. The molecule has 0 saturated heterocycles. The van der Waals surface area contributed by atoms with E-state index >= 15 is 0 Å². The van der Waals surface area contributed by atoms with Gasteiger partial charge < -0.3 is 10.1 Å². The van der Waals surface area contributed by atoms with Crippen LogP contribution in [0, 0.1) is 5.92 Å². The van der Waals surface area contributed by atoms with Crippen molar-refractivity contribution in [3.63, 3.8) is 0 Å². The van der Waals surface area contributed by atoms with Gasteiger partial charge in [0.05, 0.1) is 18.8 Å². The Bertz CT molecular complexity index is 299. The highest BCUT2D eigenvalue weighted by molar-refractivity contribution is 5.29. The SMILES string of the molecule is CCNC(c1ncccc1OC)C(C)C. The Hall–Kier alpha value is -1.09. The second-order valence-corrected chi connectivity index (χ2v) is 3.87. The Labute approximate surface area is 91.9 Å². The van der Waals surface area contributed by atoms with Crippen LogP contribution in [-0.2, 0) is 0 Å². The lowest BCUT2D eigenvalue weighted by molar-refractivity contribution is 0.366. The van der Waals surface area contributed by atoms with Crippen molar-refractivity contribution in [1.29, 1.82) is 0 Å². The van der Waals surface area contributed by atoms with Gasteiger partial charge in [-0.2, -0.15) is 0 Å². The summed E-state index contributed by atoms with van der Waals surface area (Å²) in [6, 6.07) is 4.10. The van der Waals surface area contributed by atoms with E-state index in [1.807, 2.05) is 18.3 Å². The van der Waals surface area contributed by atoms with Crippen LogP contribution < -0.4 is 10.1 Å². The molecule has 0 amide bonds. The molecule has 1 aromatic heterocycles. The highest BCUT2D eigenvalue weighted by Crippen LogP contribution is 2.27. The van der Waals surface area contributed by atoms with E-state index in [1.54, 1.807) is 7.11 Å². The van der Waals surface area contributed by atoms with Crippen LogP contribution in [0.4, 0.5) is 0 Å². The minimum absolute atomic E-state index is 0.256. The number of methoxy groups -OCH3 is 1. The van der Waals surface area contributed by atoms with E-state index in [0.29, 0.717) is 5.92 Å². The fourth-order valence-corrected chi connectivity index (χ4v) is 1.68. The lowest BCUT2D eigenvalue weighted by Crippen LogP contribution is -2.26. The molecule has 1 unspecified atom stereocenters. The number of rotatable bonds is 5. The zero-order valence-electron chi connectivity index (χ0n) is 9.95. The number of aromatic nitrogens is 1. The zero-order valence-corrected chi connectivity index (χ0v) is 9.95. The van der Waals surface area contributed by atoms with E-state index in [-0.39, 0.29) is 6.04 Å². The second-order valence-electron chi connectivity index (χ2n) is 3.87. The molecule has 3 nitrogen and oxygen atoms in total. The maximum Gasteiger partial charge on any atom is 0.141 e. The molecule has 3 heteroatoms. The first-order chi connectivity index (χ1) is 7.20. The van der Waals surface area contributed by atoms with Crippen LogP contribution in [0.3, 0.4) is 0 Å². The van der Waals surface area contributed by atoms with Gasteiger partial charge in [-0.25, -0.2) is 0 Å². The summed E-state index contributed by atoms with van der Waals surface area (Å²) in [5, 5.41) is 3.43. The molecule has 0 aliphatic carbocycles. The molecular weight excluding hydrogens is 188 g/mol. The first kappa shape index (κ1) is 12.0. The molecule has 0 saturated carbocycles. The van der Waals surface area contributed by atoms with Gasteiger partial charge in [0, 0.05) is 6.20 Å². The Kier molecular flexibility index (Phi) is 4.56. The zero-order chi connectivity index (χ0) is 11.3. The van der Waals surface area contributed by atoms with E-state index in [4.69, 9.17) is 4.74 Å². The number of hydrogen-bond acceptors (Lipinski definition) is 3. The van der Waals surface area contributed by atoms with Crippen molar-refractivity contribution in [3.8, 4) is 5.75 Å². The standard InChI is InChI=1S/C12H20N2O/c1-5-13-11(9(2)3)12-10(15-4)7-6-8-14-12/h6-9,11,13H,5H2,1-4H3. The monoisotopic (exact) mass is 208 g/mol. The summed E-state index contributed by atoms with van der Waals surface area (Å²) in [7, 11) is 1.68. The quantitative estimate of drug-likeness (QED) is 0.806. The van der Waals surface area contributed by atoms with Crippen molar-refractivity contribution in [2.75, 3.05) is 13.7 Å². The third kappa shape index (κ3) is 2.93. The van der Waals surface area contributed by atoms with Crippen LogP contribution in [0.1, 0.15) is 32.5 Å². The van der Waals surface area contributed by atoms with Gasteiger partial charge in [-0.1, -0.05) is 20.8 Å². The lowest BCUT2D eigenvalue weighted by Gasteiger charge is -2.22. The summed E-state index contributed by atoms with van der Waals surface area (Å²) in [6.07, 6.45) is 1.81. The number of hydrogen-bond donors (Lipinski definition) is 1. The Morgan fingerprint density at radius 2 is 2.20 bits per heavy atom. The number of ether oxygens (including phenoxy) is 1. The molecule has 0 bridgehead atoms. The maximum absolute atomic E-state index is 5.32. The van der Waals surface area contributed by atoms with E-state index in [0.717, 1.165) is 18.0 Å². The van der Waals surface area contributed by atoms with Crippen molar-refractivity contribution in [1.82, 2.24) is 10.3 Å². The van der Waals surface area contributed by atoms with Gasteiger partial charge >= 0.3 is 0 Å². The maximum atomic E-state index is 5.32. The van der Waals surface area contributed by atoms with Gasteiger partial charge in [-0.05, 0) is 24.6 Å². The van der Waals surface area contributed by atoms with Crippen molar-refractivity contribution >= 4 is 0 Å². The summed E-state index contributed by atoms with van der Waals surface area (Å²) < 4.78 is 5.32. The highest BCUT2D eigenvalue weighted by atomic mass is 16.5. The highest BCUT2D eigenvalue weighted by Gasteiger charge is 2.19. The van der Waals surface area contributed by atoms with Crippen molar-refractivity contribution < 1.29 is 4.74 Å². The summed E-state index contributed by atoms with van der Waals surface area (Å²) in [6.45, 7) is 7.40. The molecule has 0 radical (unpaired) electrons. The molecule has 0 aliphatic rings. The minimum Gasteiger partial charge on any atom is -0.495 e. The number of pyridine rings is 1. The average molecular weight is 208 g/mol. The predicted molar refractivity (Wildman–Crippen MR) is 62.0 cm³/mol. The van der Waals surface area contributed by atoms with E-state index in [2.05, 4.69) is 31.1 Å². The van der Waals surface area contributed by atoms with Gasteiger partial charge in [-0.3, -0.25) is 4.98 Å². The number of nitrogens with zero attached hydrogens (tertiary/aromatic N) is 1. The molecule has 15 heavy (non-hydrogen) atoms. The summed E-state index contributed by atoms with van der Waals surface area (Å²) in [5.41, 5.74) is 0.997. The lowest BCUT2D eigenvalue weighted by atomic mass is 9.99. The van der Waals surface area contributed by atoms with Crippen LogP contribution in [0.25, 0.3) is 0 Å². The minimum atomic E-state index is 0.256. The molecule has 1 aromatic rings. The van der Waals surface area contributed by atoms with Crippen molar-refractivity contribution in [2.45, 2.75) is 26.8 Å². The van der Waals surface area contributed by atoms with Gasteiger partial charge in [0.2, 0.25) is 0 Å². The molecule has 84 valence electrons. The fraction of sp³-hybridized carbons (Fsp3) is 0.583. The van der Waals surface area contributed by atoms with Gasteiger partial charge in [-0.15, -0.1) is 0 Å². The first-order valence-corrected chi connectivity index (χ1v) is 5.43. The van der Waals surface area contributed by atoms with Crippen LogP contribution in [0.5, 0.6) is 5.75 Å². The molecule has 0 spiro atoms. The van der Waals surface area contributed by atoms with Gasteiger partial charge in [0.1, 0.15) is 5.75 Å². The fourth-order valence-electron chi connectivity index (χ4n) is 1.68. The molecule has 1 rings (SSSR count). The Balaban J connectivity index is 2.98. The smallest absolute Gasteiger partial charge is 0.141 e. The van der Waals surface area contributed by atoms with E-state index in [1.165, 1.54) is 0 Å². The number of nitrogens with one attached hydrogen (secondary N) is 1. The topological polar surface area (TPSA) is 34.2 Å². The molecular formula is C12H20N2O. The van der Waals surface area contributed by atoms with E-state index in [9.17, 15) is 0 Å². The molecule has 1 heterocycles. The van der Waals surface area contributed by atoms with Crippen molar-refractivity contribution in [3.05, 3.63) is 24.0 Å².